The smallest absolute Gasteiger partial charge is 0.416 e. The molecule has 0 spiro atoms. The molecule has 0 saturated carbocycles. The van der Waals surface area contributed by atoms with Crippen molar-refractivity contribution < 1.29 is 27.5 Å². The van der Waals surface area contributed by atoms with Crippen LogP contribution in [0.25, 0.3) is 0 Å². The highest BCUT2D eigenvalue weighted by molar-refractivity contribution is 5.79. The molecule has 1 N–H and O–H groups in total. The van der Waals surface area contributed by atoms with Gasteiger partial charge in [-0.05, 0) is 37.4 Å². The third-order valence-corrected chi connectivity index (χ3v) is 4.68. The van der Waals surface area contributed by atoms with Gasteiger partial charge in [-0.15, -0.1) is 0 Å². The molecule has 1 aliphatic rings. The average Bonchev–Trinajstić information content (AvgIpc) is 2.69. The number of nitrogens with zero attached hydrogens (tertiary/aromatic N) is 2. The second-order valence-electron chi connectivity index (χ2n) is 6.71. The van der Waals surface area contributed by atoms with Gasteiger partial charge < -0.3 is 15.0 Å². The maximum Gasteiger partial charge on any atom is 0.416 e. The van der Waals surface area contributed by atoms with Gasteiger partial charge in [-0.25, -0.2) is 4.79 Å². The Balaban J connectivity index is 1.64. The zero-order valence-corrected chi connectivity index (χ0v) is 15.9. The molecule has 0 aliphatic carbocycles. The predicted molar refractivity (Wildman–Crippen MR) is 97.8 cm³/mol. The number of ether oxygens (including phenoxy) is 1. The Labute approximate surface area is 162 Å². The van der Waals surface area contributed by atoms with Crippen LogP contribution in [0.3, 0.4) is 0 Å². The molecular weight excluding hydrogens is 375 g/mol. The van der Waals surface area contributed by atoms with Crippen molar-refractivity contribution in [1.29, 1.82) is 0 Å². The van der Waals surface area contributed by atoms with Gasteiger partial charge in [0.15, 0.2) is 6.61 Å². The number of unbranched alkanes of at least 4 members (excludes halogenated alkanes) is 1. The molecule has 6 nitrogen and oxygen atoms in total. The Bertz CT molecular complexity index is 659. The molecule has 1 aliphatic heterocycles. The number of rotatable bonds is 7. The number of piperazine rings is 1. The molecule has 1 saturated heterocycles. The molecule has 1 heterocycles. The maximum absolute atomic E-state index is 12.7. The zero-order valence-electron chi connectivity index (χ0n) is 15.9. The summed E-state index contributed by atoms with van der Waals surface area (Å²) in [6, 6.07) is 5.46. The Morgan fingerprint density at radius 2 is 1.86 bits per heavy atom. The number of carbonyl (C=O) groups is 2. The summed E-state index contributed by atoms with van der Waals surface area (Å²) in [6.07, 6.45) is -2.52. The van der Waals surface area contributed by atoms with Crippen LogP contribution in [-0.2, 0) is 22.1 Å². The van der Waals surface area contributed by atoms with E-state index in [-0.39, 0.29) is 12.5 Å². The van der Waals surface area contributed by atoms with E-state index in [0.29, 0.717) is 38.2 Å². The molecule has 2 amide bonds. The number of alkyl halides is 3. The highest BCUT2D eigenvalue weighted by Gasteiger charge is 2.30. The Morgan fingerprint density at radius 3 is 2.50 bits per heavy atom. The van der Waals surface area contributed by atoms with Crippen LogP contribution in [0.2, 0.25) is 0 Å². The van der Waals surface area contributed by atoms with E-state index >= 15 is 0 Å². The van der Waals surface area contributed by atoms with Gasteiger partial charge >= 0.3 is 12.3 Å². The van der Waals surface area contributed by atoms with Crippen LogP contribution in [-0.4, -0.2) is 68.2 Å². The van der Waals surface area contributed by atoms with E-state index in [1.807, 2.05) is 0 Å². The van der Waals surface area contributed by atoms with E-state index in [0.717, 1.165) is 25.5 Å². The number of nitrogens with one attached hydrogen (secondary N) is 1. The van der Waals surface area contributed by atoms with Gasteiger partial charge in [0, 0.05) is 33.2 Å². The van der Waals surface area contributed by atoms with Crippen LogP contribution in [0.4, 0.5) is 18.0 Å². The molecule has 0 unspecified atom stereocenters. The molecule has 1 aromatic carbocycles. The first kappa shape index (κ1) is 22.0. The SMILES string of the molecule is CNC(=O)COC(=O)N1CCN(CCCCc2cccc(C(F)(F)F)c2)CC1. The summed E-state index contributed by atoms with van der Waals surface area (Å²) in [7, 11) is 1.47. The van der Waals surface area contributed by atoms with Crippen LogP contribution in [0, 0.1) is 0 Å². The van der Waals surface area contributed by atoms with Gasteiger partial charge in [0.1, 0.15) is 0 Å². The Kier molecular flexibility index (Phi) is 8.10. The van der Waals surface area contributed by atoms with Crippen molar-refractivity contribution in [2.24, 2.45) is 0 Å². The van der Waals surface area contributed by atoms with Crippen molar-refractivity contribution in [1.82, 2.24) is 15.1 Å². The van der Waals surface area contributed by atoms with Gasteiger partial charge in [0.05, 0.1) is 5.56 Å². The zero-order chi connectivity index (χ0) is 20.6. The highest BCUT2D eigenvalue weighted by atomic mass is 19.4. The number of carbonyl (C=O) groups excluding carboxylic acids is 2. The summed E-state index contributed by atoms with van der Waals surface area (Å²) in [4.78, 5) is 26.8. The van der Waals surface area contributed by atoms with E-state index in [1.54, 1.807) is 11.0 Å². The van der Waals surface area contributed by atoms with Crippen LogP contribution in [0.5, 0.6) is 0 Å². The molecule has 1 aromatic rings. The first-order valence-electron chi connectivity index (χ1n) is 9.30. The second kappa shape index (κ2) is 10.3. The number of hydrogen-bond donors (Lipinski definition) is 1. The molecule has 156 valence electrons. The maximum atomic E-state index is 12.7. The number of amides is 2. The van der Waals surface area contributed by atoms with Gasteiger partial charge in [-0.1, -0.05) is 18.2 Å². The Morgan fingerprint density at radius 1 is 1.14 bits per heavy atom. The van der Waals surface area contributed by atoms with Gasteiger partial charge in [-0.3, -0.25) is 9.69 Å². The van der Waals surface area contributed by atoms with E-state index in [2.05, 4.69) is 10.2 Å². The summed E-state index contributed by atoms with van der Waals surface area (Å²) in [5.74, 6) is -0.354. The van der Waals surface area contributed by atoms with E-state index in [9.17, 15) is 22.8 Å². The third kappa shape index (κ3) is 7.03. The lowest BCUT2D eigenvalue weighted by molar-refractivity contribution is -0.137. The first-order valence-corrected chi connectivity index (χ1v) is 9.30. The molecule has 28 heavy (non-hydrogen) atoms. The fourth-order valence-electron chi connectivity index (χ4n) is 3.01. The minimum Gasteiger partial charge on any atom is -0.439 e. The summed E-state index contributed by atoms with van der Waals surface area (Å²) in [6.45, 7) is 3.02. The molecule has 0 bridgehead atoms. The van der Waals surface area contributed by atoms with E-state index in [4.69, 9.17) is 4.74 Å². The summed E-state index contributed by atoms with van der Waals surface area (Å²) in [5.41, 5.74) is 0.0860. The van der Waals surface area contributed by atoms with Crippen molar-refractivity contribution >= 4 is 12.0 Å². The fraction of sp³-hybridized carbons (Fsp3) is 0.579. The molecule has 2 rings (SSSR count). The second-order valence-corrected chi connectivity index (χ2v) is 6.71. The monoisotopic (exact) mass is 401 g/mol. The standard InChI is InChI=1S/C19H26F3N3O3/c1-23-17(26)14-28-18(27)25-11-9-24(10-12-25)8-3-2-5-15-6-4-7-16(13-15)19(20,21)22/h4,6-7,13H,2-3,5,8-12,14H2,1H3,(H,23,26). The van der Waals surface area contributed by atoms with Gasteiger partial charge in [0.25, 0.3) is 5.91 Å². The van der Waals surface area contributed by atoms with Crippen LogP contribution in [0.1, 0.15) is 24.0 Å². The summed E-state index contributed by atoms with van der Waals surface area (Å²) < 4.78 is 43.1. The normalized spacial score (nSPS) is 15.4. The predicted octanol–water partition coefficient (Wildman–Crippen LogP) is 2.53. The lowest BCUT2D eigenvalue weighted by atomic mass is 10.0. The van der Waals surface area contributed by atoms with Gasteiger partial charge in [-0.2, -0.15) is 13.2 Å². The van der Waals surface area contributed by atoms with Crippen molar-refractivity contribution in [3.63, 3.8) is 0 Å². The number of halogens is 3. The molecule has 1 fully saturated rings. The summed E-state index contributed by atoms with van der Waals surface area (Å²) in [5, 5.41) is 2.38. The van der Waals surface area contributed by atoms with Gasteiger partial charge in [0.2, 0.25) is 0 Å². The van der Waals surface area contributed by atoms with Crippen LogP contribution >= 0.6 is 0 Å². The number of benzene rings is 1. The summed E-state index contributed by atoms with van der Waals surface area (Å²) >= 11 is 0. The minimum absolute atomic E-state index is 0.287. The molecular formula is C19H26F3N3O3. The number of aryl methyl sites for hydroxylation is 1. The molecule has 0 aromatic heterocycles. The van der Waals surface area contributed by atoms with Crippen LogP contribution in [0.15, 0.2) is 24.3 Å². The first-order chi connectivity index (χ1) is 13.3. The highest BCUT2D eigenvalue weighted by Crippen LogP contribution is 2.29. The van der Waals surface area contributed by atoms with Crippen molar-refractivity contribution in [3.05, 3.63) is 35.4 Å². The molecule has 0 radical (unpaired) electrons. The average molecular weight is 401 g/mol. The fourth-order valence-corrected chi connectivity index (χ4v) is 3.01. The van der Waals surface area contributed by atoms with Crippen LogP contribution < -0.4 is 5.32 Å². The Hall–Kier alpha value is -2.29. The number of likely N-dealkylation sites (N-methyl/N-ethyl adjacent to an activating group) is 1. The topological polar surface area (TPSA) is 61.9 Å². The molecule has 0 atom stereocenters. The minimum atomic E-state index is -4.31. The lowest BCUT2D eigenvalue weighted by Gasteiger charge is -2.34. The van der Waals surface area contributed by atoms with Crippen molar-refractivity contribution in [2.75, 3.05) is 46.4 Å². The lowest BCUT2D eigenvalue weighted by Crippen LogP contribution is -2.49. The van der Waals surface area contributed by atoms with Crippen molar-refractivity contribution in [3.8, 4) is 0 Å². The van der Waals surface area contributed by atoms with Crippen molar-refractivity contribution in [2.45, 2.75) is 25.4 Å². The largest absolute Gasteiger partial charge is 0.439 e. The molecule has 9 heteroatoms. The quantitative estimate of drug-likeness (QED) is 0.714. The third-order valence-electron chi connectivity index (χ3n) is 4.68. The van der Waals surface area contributed by atoms with E-state index in [1.165, 1.54) is 19.2 Å². The number of hydrogen-bond acceptors (Lipinski definition) is 4. The van der Waals surface area contributed by atoms with E-state index < -0.39 is 17.8 Å².